The number of fused-ring (bicyclic) bond motifs is 1. The first-order valence-electron chi connectivity index (χ1n) is 11.8. The van der Waals surface area contributed by atoms with Crippen molar-refractivity contribution in [1.29, 1.82) is 0 Å². The number of amides is 1. The van der Waals surface area contributed by atoms with Gasteiger partial charge >= 0.3 is 24.3 Å². The number of halogens is 7. The first kappa shape index (κ1) is 34.1. The van der Waals surface area contributed by atoms with Gasteiger partial charge in [-0.05, 0) is 48.7 Å². The van der Waals surface area contributed by atoms with E-state index in [0.29, 0.717) is 36.7 Å². The Hall–Kier alpha value is -5.09. The van der Waals surface area contributed by atoms with Gasteiger partial charge in [0, 0.05) is 37.9 Å². The SMILES string of the molecule is Cc1nc2ncccn2c1C(=O)N(CCc1ccc(F)cc1)Cc1cccnc1.O=C(O)C(F)(F)F.O=C(O)C(F)(F)F. The smallest absolute Gasteiger partial charge is 0.475 e. The second kappa shape index (κ2) is 14.7. The largest absolute Gasteiger partial charge is 0.490 e. The molecule has 0 aliphatic carbocycles. The second-order valence-corrected chi connectivity index (χ2v) is 8.41. The maximum atomic E-state index is 13.5. The number of alkyl halides is 6. The number of hydrogen-bond donors (Lipinski definition) is 2. The minimum Gasteiger partial charge on any atom is -0.475 e. The molecule has 0 saturated heterocycles. The summed E-state index contributed by atoms with van der Waals surface area (Å²) in [6, 6.07) is 11.9. The molecule has 0 radical (unpaired) electrons. The topological polar surface area (TPSA) is 138 Å². The third kappa shape index (κ3) is 10.7. The number of aryl methyl sites for hydroxylation is 1. The zero-order valence-electron chi connectivity index (χ0n) is 22.0. The highest BCUT2D eigenvalue weighted by Gasteiger charge is 2.38. The van der Waals surface area contributed by atoms with Crippen molar-refractivity contribution in [3.05, 3.63) is 95.6 Å². The number of hydrogen-bond acceptors (Lipinski definition) is 6. The van der Waals surface area contributed by atoms with Crippen LogP contribution in [0.5, 0.6) is 0 Å². The third-order valence-corrected chi connectivity index (χ3v) is 5.23. The number of carboxylic acid groups (broad SMARTS) is 2. The minimum atomic E-state index is -5.08. The lowest BCUT2D eigenvalue weighted by atomic mass is 10.1. The molecule has 4 aromatic rings. The summed E-state index contributed by atoms with van der Waals surface area (Å²) in [4.78, 5) is 45.8. The fourth-order valence-electron chi connectivity index (χ4n) is 3.28. The van der Waals surface area contributed by atoms with Crippen LogP contribution < -0.4 is 0 Å². The van der Waals surface area contributed by atoms with E-state index in [9.17, 15) is 35.5 Å². The number of aliphatic carboxylic acids is 2. The van der Waals surface area contributed by atoms with E-state index < -0.39 is 24.3 Å². The van der Waals surface area contributed by atoms with Gasteiger partial charge in [-0.1, -0.05) is 18.2 Å². The maximum absolute atomic E-state index is 13.5. The summed E-state index contributed by atoms with van der Waals surface area (Å²) in [6.45, 7) is 2.71. The Morgan fingerprint density at radius 3 is 1.98 bits per heavy atom. The molecule has 0 bridgehead atoms. The van der Waals surface area contributed by atoms with Crippen LogP contribution >= 0.6 is 0 Å². The van der Waals surface area contributed by atoms with Gasteiger partial charge in [0.05, 0.1) is 5.69 Å². The zero-order chi connectivity index (χ0) is 32.4. The molecule has 0 fully saturated rings. The standard InChI is InChI=1S/C22H20FN5O.2C2HF3O2/c1-16-20(28-12-3-11-25-22(28)26-16)21(29)27(15-18-4-2-10-24-14-18)13-9-17-5-7-19(23)8-6-17;2*3-2(4,5)1(6)7/h2-8,10-12,14H,9,13,15H2,1H3;2*(H,6,7). The highest BCUT2D eigenvalue weighted by atomic mass is 19.4. The van der Waals surface area contributed by atoms with E-state index in [2.05, 4.69) is 15.0 Å². The molecular formula is C26H22F7N5O5. The summed E-state index contributed by atoms with van der Waals surface area (Å²) < 4.78 is 78.4. The fourth-order valence-corrected chi connectivity index (χ4v) is 3.28. The molecule has 1 amide bonds. The van der Waals surface area contributed by atoms with Gasteiger partial charge in [0.2, 0.25) is 5.78 Å². The molecule has 0 saturated carbocycles. The maximum Gasteiger partial charge on any atom is 0.490 e. The Bertz CT molecular complexity index is 1500. The van der Waals surface area contributed by atoms with Gasteiger partial charge < -0.3 is 15.1 Å². The molecule has 3 heterocycles. The van der Waals surface area contributed by atoms with Crippen molar-refractivity contribution in [1.82, 2.24) is 24.3 Å². The number of pyridine rings is 1. The molecule has 2 N–H and O–H groups in total. The molecule has 0 aliphatic heterocycles. The van der Waals surface area contributed by atoms with Crippen LogP contribution in [0.15, 0.2) is 67.3 Å². The van der Waals surface area contributed by atoms with E-state index in [1.807, 2.05) is 19.1 Å². The van der Waals surface area contributed by atoms with Gasteiger partial charge in [-0.15, -0.1) is 0 Å². The zero-order valence-corrected chi connectivity index (χ0v) is 22.0. The second-order valence-electron chi connectivity index (χ2n) is 8.41. The number of carboxylic acids is 2. The Morgan fingerprint density at radius 2 is 1.47 bits per heavy atom. The van der Waals surface area contributed by atoms with Gasteiger partial charge in [0.15, 0.2) is 0 Å². The summed E-state index contributed by atoms with van der Waals surface area (Å²) in [5.41, 5.74) is 3.03. The van der Waals surface area contributed by atoms with Gasteiger partial charge in [-0.3, -0.25) is 14.2 Å². The van der Waals surface area contributed by atoms with Crippen molar-refractivity contribution in [2.45, 2.75) is 32.2 Å². The average molecular weight is 617 g/mol. The van der Waals surface area contributed by atoms with Crippen molar-refractivity contribution in [2.24, 2.45) is 0 Å². The highest BCUT2D eigenvalue weighted by molar-refractivity contribution is 5.94. The molecule has 10 nitrogen and oxygen atoms in total. The number of nitrogens with zero attached hydrogens (tertiary/aromatic N) is 5. The Kier molecular flexibility index (Phi) is 11.7. The summed E-state index contributed by atoms with van der Waals surface area (Å²) >= 11 is 0. The number of aromatic nitrogens is 4. The first-order valence-corrected chi connectivity index (χ1v) is 11.8. The summed E-state index contributed by atoms with van der Waals surface area (Å²) in [7, 11) is 0. The van der Waals surface area contributed by atoms with E-state index in [0.717, 1.165) is 11.1 Å². The van der Waals surface area contributed by atoms with Crippen molar-refractivity contribution >= 4 is 23.6 Å². The lowest BCUT2D eigenvalue weighted by molar-refractivity contribution is -0.193. The number of imidazole rings is 1. The third-order valence-electron chi connectivity index (χ3n) is 5.23. The number of carbonyl (C=O) groups excluding carboxylic acids is 1. The van der Waals surface area contributed by atoms with Crippen molar-refractivity contribution in [2.75, 3.05) is 6.54 Å². The molecule has 0 spiro atoms. The number of rotatable bonds is 6. The summed E-state index contributed by atoms with van der Waals surface area (Å²) in [5.74, 6) is -5.42. The molecule has 17 heteroatoms. The molecule has 4 rings (SSSR count). The minimum absolute atomic E-state index is 0.131. The van der Waals surface area contributed by atoms with E-state index in [1.165, 1.54) is 12.1 Å². The van der Waals surface area contributed by atoms with Crippen LogP contribution in [0.3, 0.4) is 0 Å². The molecular weight excluding hydrogens is 595 g/mol. The number of benzene rings is 1. The lowest BCUT2D eigenvalue weighted by Crippen LogP contribution is -2.33. The first-order chi connectivity index (χ1) is 20.0. The molecule has 0 unspecified atom stereocenters. The fraction of sp³-hybridized carbons (Fsp3) is 0.231. The lowest BCUT2D eigenvalue weighted by Gasteiger charge is -2.23. The molecule has 0 atom stereocenters. The average Bonchev–Trinajstić information content (AvgIpc) is 3.27. The van der Waals surface area contributed by atoms with E-state index >= 15 is 0 Å². The van der Waals surface area contributed by atoms with E-state index in [1.54, 1.807) is 52.3 Å². The monoisotopic (exact) mass is 617 g/mol. The predicted octanol–water partition coefficient (Wildman–Crippen LogP) is 4.72. The Balaban J connectivity index is 0.000000384. The van der Waals surface area contributed by atoms with E-state index in [4.69, 9.17) is 19.8 Å². The highest BCUT2D eigenvalue weighted by Crippen LogP contribution is 2.17. The van der Waals surface area contributed by atoms with Crippen LogP contribution in [0.2, 0.25) is 0 Å². The van der Waals surface area contributed by atoms with Crippen LogP contribution in [0.1, 0.15) is 27.3 Å². The molecule has 0 aliphatic rings. The van der Waals surface area contributed by atoms with Crippen LogP contribution in [0, 0.1) is 12.7 Å². The van der Waals surface area contributed by atoms with Crippen LogP contribution in [-0.4, -0.2) is 71.2 Å². The molecule has 230 valence electrons. The van der Waals surface area contributed by atoms with Gasteiger partial charge in [0.1, 0.15) is 11.5 Å². The van der Waals surface area contributed by atoms with E-state index in [-0.39, 0.29) is 11.7 Å². The summed E-state index contributed by atoms with van der Waals surface area (Å²) in [5, 5.41) is 14.2. The van der Waals surface area contributed by atoms with Crippen molar-refractivity contribution in [3.8, 4) is 0 Å². The van der Waals surface area contributed by atoms with Gasteiger partial charge in [-0.25, -0.2) is 23.9 Å². The van der Waals surface area contributed by atoms with Crippen LogP contribution in [0.4, 0.5) is 30.7 Å². The summed E-state index contributed by atoms with van der Waals surface area (Å²) in [6.07, 6.45) is -2.66. The Morgan fingerprint density at radius 1 is 0.884 bits per heavy atom. The van der Waals surface area contributed by atoms with Crippen LogP contribution in [0.25, 0.3) is 5.78 Å². The van der Waals surface area contributed by atoms with Gasteiger partial charge in [0.25, 0.3) is 5.91 Å². The van der Waals surface area contributed by atoms with Crippen LogP contribution in [-0.2, 0) is 22.6 Å². The molecule has 1 aromatic carbocycles. The van der Waals surface area contributed by atoms with Crippen molar-refractivity contribution < 1.29 is 55.3 Å². The normalized spacial score (nSPS) is 11.1. The Labute approximate surface area is 238 Å². The molecule has 43 heavy (non-hydrogen) atoms. The quantitative estimate of drug-likeness (QED) is 0.297. The predicted molar refractivity (Wildman–Crippen MR) is 134 cm³/mol. The molecule has 3 aromatic heterocycles. The van der Waals surface area contributed by atoms with Gasteiger partial charge in [-0.2, -0.15) is 26.3 Å². The number of carbonyl (C=O) groups is 3. The van der Waals surface area contributed by atoms with Crippen molar-refractivity contribution in [3.63, 3.8) is 0 Å².